The molecule has 0 aromatic carbocycles. The Morgan fingerprint density at radius 2 is 2.18 bits per heavy atom. The van der Waals surface area contributed by atoms with Crippen molar-refractivity contribution in [2.45, 2.75) is 40.2 Å². The first-order chi connectivity index (χ1) is 7.99. The molecule has 0 aromatic heterocycles. The quantitative estimate of drug-likeness (QED) is 0.739. The van der Waals surface area contributed by atoms with Gasteiger partial charge in [-0.05, 0) is 37.8 Å². The monoisotopic (exact) mass is 242 g/mol. The van der Waals surface area contributed by atoms with E-state index < -0.39 is 0 Å². The predicted molar refractivity (Wildman–Crippen MR) is 73.3 cm³/mol. The van der Waals surface area contributed by atoms with Crippen molar-refractivity contribution in [3.8, 4) is 0 Å². The first-order valence-electron chi connectivity index (χ1n) is 6.94. The summed E-state index contributed by atoms with van der Waals surface area (Å²) in [6, 6.07) is 0.564. The van der Waals surface area contributed by atoms with Crippen molar-refractivity contribution in [1.82, 2.24) is 10.2 Å². The van der Waals surface area contributed by atoms with E-state index in [1.165, 1.54) is 26.1 Å². The van der Waals surface area contributed by atoms with Gasteiger partial charge >= 0.3 is 0 Å². The Bertz CT molecular complexity index is 218. The fourth-order valence-corrected chi connectivity index (χ4v) is 2.72. The standard InChI is InChI=1S/C14H30N2O/c1-6-15-12(2)14(3,4)11-16-8-7-13(9-16)10-17-5/h12-13,15H,6-11H2,1-5H3. The van der Waals surface area contributed by atoms with Gasteiger partial charge in [-0.3, -0.25) is 0 Å². The zero-order valence-electron chi connectivity index (χ0n) is 12.3. The molecule has 1 N–H and O–H groups in total. The van der Waals surface area contributed by atoms with Crippen molar-refractivity contribution in [2.75, 3.05) is 39.9 Å². The van der Waals surface area contributed by atoms with Gasteiger partial charge in [-0.15, -0.1) is 0 Å². The van der Waals surface area contributed by atoms with Gasteiger partial charge in [-0.2, -0.15) is 0 Å². The minimum atomic E-state index is 0.331. The summed E-state index contributed by atoms with van der Waals surface area (Å²) in [5, 5.41) is 3.54. The van der Waals surface area contributed by atoms with E-state index in [1.54, 1.807) is 7.11 Å². The Hall–Kier alpha value is -0.120. The van der Waals surface area contributed by atoms with E-state index in [4.69, 9.17) is 4.74 Å². The number of likely N-dealkylation sites (tertiary alicyclic amines) is 1. The number of hydrogen-bond acceptors (Lipinski definition) is 3. The number of ether oxygens (including phenoxy) is 1. The smallest absolute Gasteiger partial charge is 0.0503 e. The molecule has 0 aliphatic carbocycles. The van der Waals surface area contributed by atoms with Crippen molar-refractivity contribution < 1.29 is 4.74 Å². The third kappa shape index (κ3) is 4.57. The Labute approximate surface area is 107 Å². The van der Waals surface area contributed by atoms with Gasteiger partial charge in [0.15, 0.2) is 0 Å². The molecule has 1 aliphatic rings. The SMILES string of the molecule is CCNC(C)C(C)(C)CN1CCC(COC)C1. The summed E-state index contributed by atoms with van der Waals surface area (Å²) in [5.41, 5.74) is 0.331. The van der Waals surface area contributed by atoms with Crippen LogP contribution in [-0.2, 0) is 4.74 Å². The molecule has 0 aromatic rings. The lowest BCUT2D eigenvalue weighted by molar-refractivity contribution is 0.135. The van der Waals surface area contributed by atoms with Gasteiger partial charge in [0.2, 0.25) is 0 Å². The second-order valence-electron chi connectivity index (χ2n) is 6.11. The Morgan fingerprint density at radius 3 is 2.76 bits per heavy atom. The summed E-state index contributed by atoms with van der Waals surface area (Å²) in [6.07, 6.45) is 1.29. The Morgan fingerprint density at radius 1 is 1.47 bits per heavy atom. The first kappa shape index (κ1) is 14.9. The van der Waals surface area contributed by atoms with E-state index in [9.17, 15) is 0 Å². The van der Waals surface area contributed by atoms with Crippen LogP contribution >= 0.6 is 0 Å². The van der Waals surface area contributed by atoms with Crippen molar-refractivity contribution in [2.24, 2.45) is 11.3 Å². The molecule has 0 spiro atoms. The fraction of sp³-hybridized carbons (Fsp3) is 1.00. The summed E-state index contributed by atoms with van der Waals surface area (Å²) >= 11 is 0. The van der Waals surface area contributed by atoms with Crippen LogP contribution < -0.4 is 5.32 Å². The molecule has 3 nitrogen and oxygen atoms in total. The van der Waals surface area contributed by atoms with E-state index in [0.29, 0.717) is 11.5 Å². The molecule has 1 saturated heterocycles. The van der Waals surface area contributed by atoms with Crippen LogP contribution in [0.25, 0.3) is 0 Å². The molecule has 102 valence electrons. The highest BCUT2D eigenvalue weighted by Gasteiger charge is 2.31. The molecule has 1 rings (SSSR count). The maximum absolute atomic E-state index is 5.25. The molecular formula is C14H30N2O. The van der Waals surface area contributed by atoms with E-state index in [0.717, 1.165) is 19.1 Å². The van der Waals surface area contributed by atoms with Crippen LogP contribution in [0.5, 0.6) is 0 Å². The van der Waals surface area contributed by atoms with Gasteiger partial charge in [-0.1, -0.05) is 20.8 Å². The Balaban J connectivity index is 2.38. The third-order valence-electron chi connectivity index (χ3n) is 4.09. The molecule has 1 heterocycles. The molecule has 2 unspecified atom stereocenters. The molecule has 0 bridgehead atoms. The maximum atomic E-state index is 5.25. The van der Waals surface area contributed by atoms with Crippen LogP contribution in [0.15, 0.2) is 0 Å². The predicted octanol–water partition coefficient (Wildman–Crippen LogP) is 1.98. The third-order valence-corrected chi connectivity index (χ3v) is 4.09. The van der Waals surface area contributed by atoms with Crippen LogP contribution in [0.1, 0.15) is 34.1 Å². The maximum Gasteiger partial charge on any atom is 0.0503 e. The molecular weight excluding hydrogens is 212 g/mol. The lowest BCUT2D eigenvalue weighted by Gasteiger charge is -2.36. The average molecular weight is 242 g/mol. The van der Waals surface area contributed by atoms with E-state index >= 15 is 0 Å². The second-order valence-corrected chi connectivity index (χ2v) is 6.11. The zero-order valence-corrected chi connectivity index (χ0v) is 12.3. The molecule has 2 atom stereocenters. The van der Waals surface area contributed by atoms with E-state index in [-0.39, 0.29) is 0 Å². The van der Waals surface area contributed by atoms with Gasteiger partial charge in [0.25, 0.3) is 0 Å². The average Bonchev–Trinajstić information content (AvgIpc) is 2.66. The summed E-state index contributed by atoms with van der Waals surface area (Å²) in [6.45, 7) is 14.8. The Kier molecular flexibility index (Phi) is 5.90. The highest BCUT2D eigenvalue weighted by Crippen LogP contribution is 2.26. The first-order valence-corrected chi connectivity index (χ1v) is 6.94. The normalized spacial score (nSPS) is 24.2. The van der Waals surface area contributed by atoms with Crippen molar-refractivity contribution >= 4 is 0 Å². The summed E-state index contributed by atoms with van der Waals surface area (Å²) < 4.78 is 5.25. The highest BCUT2D eigenvalue weighted by atomic mass is 16.5. The van der Waals surface area contributed by atoms with Gasteiger partial charge in [0.05, 0.1) is 6.61 Å². The van der Waals surface area contributed by atoms with Gasteiger partial charge in [0, 0.05) is 26.2 Å². The van der Waals surface area contributed by atoms with Crippen LogP contribution in [0.4, 0.5) is 0 Å². The number of nitrogens with zero attached hydrogens (tertiary/aromatic N) is 1. The number of nitrogens with one attached hydrogen (secondary N) is 1. The minimum Gasteiger partial charge on any atom is -0.384 e. The van der Waals surface area contributed by atoms with Gasteiger partial charge < -0.3 is 15.0 Å². The molecule has 3 heteroatoms. The number of methoxy groups -OCH3 is 1. The van der Waals surface area contributed by atoms with Crippen LogP contribution in [0.3, 0.4) is 0 Å². The van der Waals surface area contributed by atoms with Crippen molar-refractivity contribution in [3.63, 3.8) is 0 Å². The lowest BCUT2D eigenvalue weighted by Crippen LogP contribution is -2.46. The summed E-state index contributed by atoms with van der Waals surface area (Å²) in [5.74, 6) is 0.741. The van der Waals surface area contributed by atoms with Crippen molar-refractivity contribution in [3.05, 3.63) is 0 Å². The zero-order chi connectivity index (χ0) is 12.9. The number of hydrogen-bond donors (Lipinski definition) is 1. The summed E-state index contributed by atoms with van der Waals surface area (Å²) in [4.78, 5) is 2.59. The molecule has 0 saturated carbocycles. The second kappa shape index (κ2) is 6.72. The molecule has 17 heavy (non-hydrogen) atoms. The van der Waals surface area contributed by atoms with E-state index in [2.05, 4.69) is 37.9 Å². The molecule has 1 aliphatic heterocycles. The molecule has 1 fully saturated rings. The molecule has 0 amide bonds. The van der Waals surface area contributed by atoms with Crippen molar-refractivity contribution in [1.29, 1.82) is 0 Å². The van der Waals surface area contributed by atoms with Crippen LogP contribution in [-0.4, -0.2) is 50.8 Å². The highest BCUT2D eigenvalue weighted by molar-refractivity contribution is 4.86. The van der Waals surface area contributed by atoms with Gasteiger partial charge in [-0.25, -0.2) is 0 Å². The summed E-state index contributed by atoms with van der Waals surface area (Å²) in [7, 11) is 1.81. The van der Waals surface area contributed by atoms with E-state index in [1.807, 2.05) is 0 Å². The number of rotatable bonds is 7. The van der Waals surface area contributed by atoms with Gasteiger partial charge in [0.1, 0.15) is 0 Å². The topological polar surface area (TPSA) is 24.5 Å². The van der Waals surface area contributed by atoms with Crippen LogP contribution in [0, 0.1) is 11.3 Å². The minimum absolute atomic E-state index is 0.331. The largest absolute Gasteiger partial charge is 0.384 e. The lowest BCUT2D eigenvalue weighted by atomic mass is 9.85. The fourth-order valence-electron chi connectivity index (χ4n) is 2.72. The molecule has 0 radical (unpaired) electrons. The van der Waals surface area contributed by atoms with Crippen LogP contribution in [0.2, 0.25) is 0 Å².